The third-order valence-corrected chi connectivity index (χ3v) is 2.23. The second-order valence-corrected chi connectivity index (χ2v) is 3.16. The molecule has 6 nitrogen and oxygen atoms in total. The van der Waals surface area contributed by atoms with Gasteiger partial charge in [-0.1, -0.05) is 0 Å². The summed E-state index contributed by atoms with van der Waals surface area (Å²) < 4.78 is 1.35. The molecule has 0 radical (unpaired) electrons. The monoisotopic (exact) mass is 195 g/mol. The molecule has 0 bridgehead atoms. The lowest BCUT2D eigenvalue weighted by Gasteiger charge is -2.25. The molecule has 74 valence electrons. The van der Waals surface area contributed by atoms with Crippen LogP contribution in [0.5, 0.6) is 5.75 Å². The average Bonchev–Trinajstić information content (AvgIpc) is 2.17. The molecule has 0 aromatic carbocycles. The predicted octanol–water partition coefficient (Wildman–Crippen LogP) is -0.966. The molecule has 6 heteroatoms. The van der Waals surface area contributed by atoms with Crippen LogP contribution in [0.2, 0.25) is 0 Å². The molecule has 2 heterocycles. The number of carbonyl (C=O) groups is 1. The first-order valence-electron chi connectivity index (χ1n) is 4.16. The Morgan fingerprint density at radius 1 is 1.43 bits per heavy atom. The van der Waals surface area contributed by atoms with Gasteiger partial charge in [0.15, 0.2) is 11.4 Å². The van der Waals surface area contributed by atoms with Gasteiger partial charge in [0.05, 0.1) is 12.7 Å². The van der Waals surface area contributed by atoms with Crippen molar-refractivity contribution in [3.05, 3.63) is 22.1 Å². The lowest BCUT2D eigenvalue weighted by molar-refractivity contribution is 0.0733. The van der Waals surface area contributed by atoms with Crippen LogP contribution in [0, 0.1) is 0 Å². The van der Waals surface area contributed by atoms with E-state index in [2.05, 4.69) is 5.10 Å². The fraction of sp³-hybridized carbons (Fsp3) is 0.375. The lowest BCUT2D eigenvalue weighted by atomic mass is 10.2. The molecule has 0 atom stereocenters. The van der Waals surface area contributed by atoms with Gasteiger partial charge in [0.2, 0.25) is 5.43 Å². The Kier molecular flexibility index (Phi) is 1.77. The molecular formula is C8H9N3O3. The largest absolute Gasteiger partial charge is 0.502 e. The Balaban J connectivity index is 2.68. The summed E-state index contributed by atoms with van der Waals surface area (Å²) in [7, 11) is 1.61. The molecule has 1 aromatic rings. The number of aromatic hydroxyl groups is 1. The van der Waals surface area contributed by atoms with Crippen molar-refractivity contribution in [3.8, 4) is 5.75 Å². The van der Waals surface area contributed by atoms with Crippen LogP contribution < -0.4 is 5.43 Å². The summed E-state index contributed by atoms with van der Waals surface area (Å²) in [4.78, 5) is 24.0. The molecule has 14 heavy (non-hydrogen) atoms. The van der Waals surface area contributed by atoms with Crippen LogP contribution in [0.15, 0.2) is 11.0 Å². The molecule has 0 saturated carbocycles. The Bertz CT molecular complexity index is 452. The number of likely N-dealkylation sites (N-methyl/N-ethyl adjacent to an activating group) is 1. The van der Waals surface area contributed by atoms with E-state index in [-0.39, 0.29) is 11.6 Å². The van der Waals surface area contributed by atoms with E-state index in [1.807, 2.05) is 0 Å². The highest BCUT2D eigenvalue weighted by atomic mass is 16.3. The minimum atomic E-state index is -0.625. The van der Waals surface area contributed by atoms with Crippen molar-refractivity contribution in [2.24, 2.45) is 0 Å². The molecule has 0 fully saturated rings. The van der Waals surface area contributed by atoms with Crippen molar-refractivity contribution in [2.45, 2.75) is 6.54 Å². The molecule has 1 aliphatic rings. The van der Waals surface area contributed by atoms with Crippen LogP contribution in [0.3, 0.4) is 0 Å². The van der Waals surface area contributed by atoms with Gasteiger partial charge in [0.25, 0.3) is 5.91 Å². The second-order valence-electron chi connectivity index (χ2n) is 3.16. The minimum Gasteiger partial charge on any atom is -0.502 e. The first-order chi connectivity index (χ1) is 6.61. The fourth-order valence-electron chi connectivity index (χ4n) is 1.39. The summed E-state index contributed by atoms with van der Waals surface area (Å²) in [6.45, 7) is 1.02. The van der Waals surface area contributed by atoms with E-state index in [4.69, 9.17) is 0 Å². The zero-order valence-corrected chi connectivity index (χ0v) is 7.60. The smallest absolute Gasteiger partial charge is 0.275 e. The minimum absolute atomic E-state index is 0.0220. The quantitative estimate of drug-likeness (QED) is 0.578. The molecule has 0 spiro atoms. The number of hydrogen-bond acceptors (Lipinski definition) is 4. The molecule has 1 amide bonds. The highest BCUT2D eigenvalue weighted by Crippen LogP contribution is 2.15. The molecule has 1 aromatic heterocycles. The van der Waals surface area contributed by atoms with Crippen LogP contribution in [-0.2, 0) is 6.54 Å². The van der Waals surface area contributed by atoms with E-state index >= 15 is 0 Å². The van der Waals surface area contributed by atoms with Crippen LogP contribution in [0.1, 0.15) is 10.5 Å². The maximum absolute atomic E-state index is 11.6. The van der Waals surface area contributed by atoms with Gasteiger partial charge in [-0.25, -0.2) is 0 Å². The SMILES string of the molecule is CN1CCn2ncc(=O)c(O)c2C1=O. The second kappa shape index (κ2) is 2.83. The third-order valence-electron chi connectivity index (χ3n) is 2.23. The van der Waals surface area contributed by atoms with Gasteiger partial charge in [-0.3, -0.25) is 14.3 Å². The lowest BCUT2D eigenvalue weighted by Crippen LogP contribution is -2.39. The number of carbonyl (C=O) groups excluding carboxylic acids is 1. The number of rotatable bonds is 0. The standard InChI is InChI=1S/C8H9N3O3/c1-10-2-3-11-6(8(10)14)7(13)5(12)4-9-11/h4,13H,2-3H2,1H3. The summed E-state index contributed by atoms with van der Waals surface area (Å²) in [6.07, 6.45) is 1.01. The van der Waals surface area contributed by atoms with Crippen LogP contribution in [0.4, 0.5) is 0 Å². The van der Waals surface area contributed by atoms with Gasteiger partial charge < -0.3 is 10.0 Å². The van der Waals surface area contributed by atoms with Crippen molar-refractivity contribution >= 4 is 5.91 Å². The molecule has 0 aliphatic carbocycles. The van der Waals surface area contributed by atoms with Crippen molar-refractivity contribution in [3.63, 3.8) is 0 Å². The summed E-state index contributed by atoms with van der Waals surface area (Å²) in [5.41, 5.74) is -0.647. The summed E-state index contributed by atoms with van der Waals surface area (Å²) in [5.74, 6) is -0.893. The Hall–Kier alpha value is -1.85. The van der Waals surface area contributed by atoms with Crippen molar-refractivity contribution in [2.75, 3.05) is 13.6 Å². The molecule has 0 saturated heterocycles. The van der Waals surface area contributed by atoms with Gasteiger partial charge in [0, 0.05) is 13.6 Å². The first-order valence-corrected chi connectivity index (χ1v) is 4.16. The molecule has 0 unspecified atom stereocenters. The molecule has 1 aliphatic heterocycles. The first kappa shape index (κ1) is 8.74. The topological polar surface area (TPSA) is 75.4 Å². The van der Waals surface area contributed by atoms with E-state index in [0.717, 1.165) is 6.20 Å². The number of amides is 1. The maximum atomic E-state index is 11.6. The Morgan fingerprint density at radius 3 is 2.86 bits per heavy atom. The predicted molar refractivity (Wildman–Crippen MR) is 47.1 cm³/mol. The van der Waals surface area contributed by atoms with Crippen LogP contribution in [0.25, 0.3) is 0 Å². The van der Waals surface area contributed by atoms with E-state index < -0.39 is 11.2 Å². The van der Waals surface area contributed by atoms with Gasteiger partial charge in [0.1, 0.15) is 0 Å². The Labute approximate surface area is 79.4 Å². The normalized spacial score (nSPS) is 15.5. The molecule has 1 N–H and O–H groups in total. The van der Waals surface area contributed by atoms with Gasteiger partial charge >= 0.3 is 0 Å². The Morgan fingerprint density at radius 2 is 2.14 bits per heavy atom. The number of nitrogens with zero attached hydrogens (tertiary/aromatic N) is 3. The zero-order valence-electron chi connectivity index (χ0n) is 7.60. The van der Waals surface area contributed by atoms with E-state index in [1.54, 1.807) is 7.05 Å². The van der Waals surface area contributed by atoms with Gasteiger partial charge in [-0.15, -0.1) is 0 Å². The fourth-order valence-corrected chi connectivity index (χ4v) is 1.39. The average molecular weight is 195 g/mol. The van der Waals surface area contributed by atoms with Gasteiger partial charge in [-0.05, 0) is 0 Å². The zero-order chi connectivity index (χ0) is 10.3. The molecule has 2 rings (SSSR count). The van der Waals surface area contributed by atoms with Gasteiger partial charge in [-0.2, -0.15) is 5.10 Å². The van der Waals surface area contributed by atoms with Crippen molar-refractivity contribution in [1.82, 2.24) is 14.7 Å². The number of hydrogen-bond donors (Lipinski definition) is 1. The summed E-state index contributed by atoms with van der Waals surface area (Å²) >= 11 is 0. The van der Waals surface area contributed by atoms with Crippen LogP contribution >= 0.6 is 0 Å². The van der Waals surface area contributed by atoms with Crippen molar-refractivity contribution in [1.29, 1.82) is 0 Å². The summed E-state index contributed by atoms with van der Waals surface area (Å²) in [6, 6.07) is 0. The van der Waals surface area contributed by atoms with E-state index in [9.17, 15) is 14.7 Å². The highest BCUT2D eigenvalue weighted by molar-refractivity contribution is 5.95. The summed E-state index contributed by atoms with van der Waals surface area (Å²) in [5, 5.41) is 13.2. The van der Waals surface area contributed by atoms with Crippen LogP contribution in [-0.4, -0.2) is 39.3 Å². The highest BCUT2D eigenvalue weighted by Gasteiger charge is 2.26. The van der Waals surface area contributed by atoms with E-state index in [1.165, 1.54) is 9.58 Å². The third kappa shape index (κ3) is 1.07. The number of fused-ring (bicyclic) bond motifs is 1. The number of aromatic nitrogens is 2. The van der Waals surface area contributed by atoms with E-state index in [0.29, 0.717) is 13.1 Å². The van der Waals surface area contributed by atoms with Crippen molar-refractivity contribution < 1.29 is 9.90 Å². The molecular weight excluding hydrogens is 186 g/mol. The maximum Gasteiger partial charge on any atom is 0.275 e.